The first-order valence-corrected chi connectivity index (χ1v) is 7.20. The second-order valence-electron chi connectivity index (χ2n) is 4.72. The lowest BCUT2D eigenvalue weighted by molar-refractivity contribution is 0.0587. The minimum absolute atomic E-state index is 0.0832. The largest absolute Gasteiger partial charge is 0.444 e. The van der Waals surface area contributed by atoms with Crippen LogP contribution in [0, 0.1) is 0 Å². The molecule has 0 saturated carbocycles. The van der Waals surface area contributed by atoms with Crippen molar-refractivity contribution in [1.82, 2.24) is 19.8 Å². The summed E-state index contributed by atoms with van der Waals surface area (Å²) in [6.07, 6.45) is 3.63. The molecule has 2 aromatic rings. The van der Waals surface area contributed by atoms with Gasteiger partial charge in [-0.25, -0.2) is 4.98 Å². The van der Waals surface area contributed by atoms with Crippen LogP contribution in [-0.2, 0) is 7.05 Å². The maximum absolute atomic E-state index is 12.6. The quantitative estimate of drug-likeness (QED) is 0.902. The SMILES string of the molecule is Cn1ccnc1C1CNCCN1C(=O)c1ccc(Br)o1. The number of amides is 1. The number of hydrogen-bond donors (Lipinski definition) is 1. The van der Waals surface area contributed by atoms with Crippen molar-refractivity contribution < 1.29 is 9.21 Å². The Morgan fingerprint density at radius 1 is 1.55 bits per heavy atom. The lowest BCUT2D eigenvalue weighted by atomic mass is 10.1. The summed E-state index contributed by atoms with van der Waals surface area (Å²) in [6.45, 7) is 2.10. The average Bonchev–Trinajstić information content (AvgIpc) is 3.07. The normalized spacial score (nSPS) is 19.3. The summed E-state index contributed by atoms with van der Waals surface area (Å²) in [4.78, 5) is 18.7. The number of nitrogens with zero attached hydrogens (tertiary/aromatic N) is 3. The molecule has 1 aliphatic rings. The van der Waals surface area contributed by atoms with E-state index in [1.165, 1.54) is 0 Å². The molecule has 0 spiro atoms. The van der Waals surface area contributed by atoms with Crippen molar-refractivity contribution in [2.24, 2.45) is 7.05 Å². The van der Waals surface area contributed by atoms with Crippen LogP contribution in [0.5, 0.6) is 0 Å². The smallest absolute Gasteiger partial charge is 0.290 e. The van der Waals surface area contributed by atoms with Gasteiger partial charge in [-0.3, -0.25) is 4.79 Å². The number of halogens is 1. The van der Waals surface area contributed by atoms with Crippen molar-refractivity contribution in [2.45, 2.75) is 6.04 Å². The average molecular weight is 339 g/mol. The summed E-state index contributed by atoms with van der Waals surface area (Å²) in [6, 6.07) is 3.33. The zero-order chi connectivity index (χ0) is 14.1. The maximum Gasteiger partial charge on any atom is 0.290 e. The fourth-order valence-electron chi connectivity index (χ4n) is 2.45. The molecule has 0 aliphatic carbocycles. The first kappa shape index (κ1) is 13.4. The molecule has 3 rings (SSSR count). The number of aromatic nitrogens is 2. The second-order valence-corrected chi connectivity index (χ2v) is 5.50. The Morgan fingerprint density at radius 3 is 3.05 bits per heavy atom. The predicted molar refractivity (Wildman–Crippen MR) is 76.3 cm³/mol. The van der Waals surface area contributed by atoms with Gasteiger partial charge >= 0.3 is 0 Å². The molecule has 0 radical (unpaired) electrons. The zero-order valence-electron chi connectivity index (χ0n) is 11.0. The van der Waals surface area contributed by atoms with Crippen LogP contribution < -0.4 is 5.32 Å². The molecule has 1 fully saturated rings. The van der Waals surface area contributed by atoms with Crippen LogP contribution in [0.3, 0.4) is 0 Å². The standard InChI is InChI=1S/C13H15BrN4O2/c1-17-6-5-16-12(17)9-8-15-4-7-18(9)13(19)10-2-3-11(14)20-10/h2-3,5-6,9,15H,4,7-8H2,1H3. The molecular weight excluding hydrogens is 324 g/mol. The Balaban J connectivity index is 1.89. The van der Waals surface area contributed by atoms with Crippen LogP contribution in [-0.4, -0.2) is 40.0 Å². The van der Waals surface area contributed by atoms with E-state index in [9.17, 15) is 4.79 Å². The van der Waals surface area contributed by atoms with Gasteiger partial charge in [0.05, 0.1) is 0 Å². The summed E-state index contributed by atoms with van der Waals surface area (Å²) >= 11 is 3.22. The highest BCUT2D eigenvalue weighted by molar-refractivity contribution is 9.10. The third kappa shape index (κ3) is 2.38. The van der Waals surface area contributed by atoms with E-state index >= 15 is 0 Å². The van der Waals surface area contributed by atoms with E-state index in [0.29, 0.717) is 23.5 Å². The molecule has 0 bridgehead atoms. The molecule has 3 heterocycles. The van der Waals surface area contributed by atoms with Gasteiger partial charge in [-0.2, -0.15) is 0 Å². The van der Waals surface area contributed by atoms with Gasteiger partial charge in [0.2, 0.25) is 0 Å². The van der Waals surface area contributed by atoms with Gasteiger partial charge in [-0.1, -0.05) is 0 Å². The maximum atomic E-state index is 12.6. The van der Waals surface area contributed by atoms with Gasteiger partial charge in [0, 0.05) is 39.1 Å². The molecule has 1 amide bonds. The van der Waals surface area contributed by atoms with E-state index in [4.69, 9.17) is 4.42 Å². The van der Waals surface area contributed by atoms with Crippen molar-refractivity contribution in [3.8, 4) is 0 Å². The Labute approximate surface area is 124 Å². The van der Waals surface area contributed by atoms with E-state index in [1.807, 2.05) is 22.7 Å². The van der Waals surface area contributed by atoms with Crippen LogP contribution in [0.15, 0.2) is 33.6 Å². The third-order valence-electron chi connectivity index (χ3n) is 3.44. The van der Waals surface area contributed by atoms with Gasteiger partial charge in [-0.05, 0) is 28.1 Å². The van der Waals surface area contributed by atoms with Crippen molar-refractivity contribution in [3.63, 3.8) is 0 Å². The lowest BCUT2D eigenvalue weighted by Gasteiger charge is -2.35. The minimum atomic E-state index is -0.106. The van der Waals surface area contributed by atoms with E-state index in [-0.39, 0.29) is 11.9 Å². The Kier molecular flexibility index (Phi) is 3.62. The Morgan fingerprint density at radius 2 is 2.40 bits per heavy atom. The highest BCUT2D eigenvalue weighted by Gasteiger charge is 2.32. The van der Waals surface area contributed by atoms with Crippen molar-refractivity contribution in [2.75, 3.05) is 19.6 Å². The monoisotopic (exact) mass is 338 g/mol. The molecule has 1 aliphatic heterocycles. The van der Waals surface area contributed by atoms with Gasteiger partial charge in [0.15, 0.2) is 10.4 Å². The number of hydrogen-bond acceptors (Lipinski definition) is 4. The van der Waals surface area contributed by atoms with Crippen molar-refractivity contribution in [1.29, 1.82) is 0 Å². The summed E-state index contributed by atoms with van der Waals surface area (Å²) < 4.78 is 7.87. The summed E-state index contributed by atoms with van der Waals surface area (Å²) in [5, 5.41) is 3.30. The summed E-state index contributed by atoms with van der Waals surface area (Å²) in [5.41, 5.74) is 0. The number of rotatable bonds is 2. The molecule has 6 nitrogen and oxygen atoms in total. The number of piperazine rings is 1. The molecule has 0 aromatic carbocycles. The fourth-order valence-corrected chi connectivity index (χ4v) is 2.75. The van der Waals surface area contributed by atoms with Crippen molar-refractivity contribution in [3.05, 3.63) is 40.8 Å². The number of imidazole rings is 1. The number of furan rings is 1. The van der Waals surface area contributed by atoms with E-state index < -0.39 is 0 Å². The summed E-state index contributed by atoms with van der Waals surface area (Å²) in [5.74, 6) is 1.11. The predicted octanol–water partition coefficient (Wildman–Crippen LogP) is 1.56. The molecule has 7 heteroatoms. The zero-order valence-corrected chi connectivity index (χ0v) is 12.6. The summed E-state index contributed by atoms with van der Waals surface area (Å²) in [7, 11) is 1.93. The Hall–Kier alpha value is -1.60. The molecule has 1 atom stereocenters. The lowest BCUT2D eigenvalue weighted by Crippen LogP contribution is -2.49. The first-order valence-electron chi connectivity index (χ1n) is 6.41. The Bertz CT molecular complexity index is 621. The van der Waals surface area contributed by atoms with Crippen LogP contribution in [0.2, 0.25) is 0 Å². The molecule has 20 heavy (non-hydrogen) atoms. The van der Waals surface area contributed by atoms with Crippen LogP contribution >= 0.6 is 15.9 Å². The molecule has 1 saturated heterocycles. The second kappa shape index (κ2) is 5.41. The highest BCUT2D eigenvalue weighted by atomic mass is 79.9. The molecular formula is C13H15BrN4O2. The molecule has 1 N–H and O–H groups in total. The van der Waals surface area contributed by atoms with E-state index in [1.54, 1.807) is 18.3 Å². The van der Waals surface area contributed by atoms with E-state index in [2.05, 4.69) is 26.2 Å². The van der Waals surface area contributed by atoms with Crippen molar-refractivity contribution >= 4 is 21.8 Å². The first-order chi connectivity index (χ1) is 9.66. The van der Waals surface area contributed by atoms with Gasteiger partial charge < -0.3 is 19.2 Å². The molecule has 1 unspecified atom stereocenters. The topological polar surface area (TPSA) is 63.3 Å². The third-order valence-corrected chi connectivity index (χ3v) is 3.87. The van der Waals surface area contributed by atoms with Gasteiger partial charge in [0.1, 0.15) is 11.9 Å². The fraction of sp³-hybridized carbons (Fsp3) is 0.385. The highest BCUT2D eigenvalue weighted by Crippen LogP contribution is 2.24. The minimum Gasteiger partial charge on any atom is -0.444 e. The van der Waals surface area contributed by atoms with Gasteiger partial charge in [0.25, 0.3) is 5.91 Å². The number of carbonyl (C=O) groups excluding carboxylic acids is 1. The van der Waals surface area contributed by atoms with Crippen LogP contribution in [0.25, 0.3) is 0 Å². The molecule has 106 valence electrons. The van der Waals surface area contributed by atoms with Crippen LogP contribution in [0.4, 0.5) is 0 Å². The van der Waals surface area contributed by atoms with Gasteiger partial charge in [-0.15, -0.1) is 0 Å². The van der Waals surface area contributed by atoms with Crippen LogP contribution in [0.1, 0.15) is 22.4 Å². The number of carbonyl (C=O) groups is 1. The molecule has 2 aromatic heterocycles. The number of nitrogens with one attached hydrogen (secondary N) is 1. The number of aryl methyl sites for hydroxylation is 1. The van der Waals surface area contributed by atoms with E-state index in [0.717, 1.165) is 12.4 Å².